The second-order valence-corrected chi connectivity index (χ2v) is 20.0. The first-order valence-electron chi connectivity index (χ1n) is 21.4. The van der Waals surface area contributed by atoms with Crippen molar-refractivity contribution in [1.29, 1.82) is 0 Å². The Kier molecular flexibility index (Phi) is 9.50. The normalized spacial score (nSPS) is 51.6. The Morgan fingerprint density at radius 2 is 1.30 bits per heavy atom. The second-order valence-electron chi connectivity index (χ2n) is 20.0. The van der Waals surface area contributed by atoms with Gasteiger partial charge in [-0.3, -0.25) is 9.59 Å². The van der Waals surface area contributed by atoms with E-state index in [1.54, 1.807) is 0 Å². The van der Waals surface area contributed by atoms with Gasteiger partial charge in [-0.2, -0.15) is 0 Å². The van der Waals surface area contributed by atoms with Gasteiger partial charge in [0.05, 0.1) is 13.2 Å². The molecule has 278 valence electrons. The van der Waals surface area contributed by atoms with Gasteiger partial charge in [-0.05, 0) is 194 Å². The van der Waals surface area contributed by atoms with E-state index in [-0.39, 0.29) is 11.2 Å². The largest absolute Gasteiger partial charge is 0.378 e. The summed E-state index contributed by atoms with van der Waals surface area (Å²) in [5.74, 6) is 15.6. The van der Waals surface area contributed by atoms with Gasteiger partial charge in [-0.15, -0.1) is 5.92 Å². The maximum absolute atomic E-state index is 12.2. The molecule has 9 rings (SSSR count). The zero-order valence-corrected chi connectivity index (χ0v) is 32.2. The number of carbonyl (C=O) groups excluding carboxylic acids is 2. The number of aliphatic hydroxyl groups is 1. The van der Waals surface area contributed by atoms with Crippen molar-refractivity contribution < 1.29 is 24.2 Å². The smallest absolute Gasteiger partial charge is 0.169 e. The lowest BCUT2D eigenvalue weighted by Crippen LogP contribution is -2.52. The molecule has 8 aliphatic carbocycles. The van der Waals surface area contributed by atoms with Crippen LogP contribution in [0.5, 0.6) is 0 Å². The molecule has 9 fully saturated rings. The van der Waals surface area contributed by atoms with E-state index in [9.17, 15) is 14.7 Å². The summed E-state index contributed by atoms with van der Waals surface area (Å²) >= 11 is 0. The van der Waals surface area contributed by atoms with Gasteiger partial charge in [0.1, 0.15) is 17.2 Å². The van der Waals surface area contributed by atoms with Crippen LogP contribution in [0.2, 0.25) is 0 Å². The standard InChI is InChI=1S/C23H34O2.C22H34O3/c1-4-11-23(25)13-10-17-16(14-23)5-6-19-18(17)9-12-22(3)20(15(2)24)7-8-21(19)22;1-21-10-9-17-16-6-4-15(23)13-14(16)3-5-18(17)19(21)7-8-20(21)22(2)24-11-12-25-22/h16-21,25H,5-10,12-14H2,1-3H3;14,16-20H,3-13H2,1-2H3/t16?,17-,18?,19?,20+,21?,22+,23+;14?,16-,17?,18?,19?,20-,21-/m00/s1. The molecule has 1 aliphatic heterocycles. The quantitative estimate of drug-likeness (QED) is 0.293. The third-order valence-electron chi connectivity index (χ3n) is 18.1. The van der Waals surface area contributed by atoms with Crippen molar-refractivity contribution in [2.75, 3.05) is 13.2 Å². The van der Waals surface area contributed by atoms with E-state index < -0.39 is 5.60 Å². The number of Topliss-reactive ketones (excluding diaryl/α,β-unsaturated/α-hetero) is 2. The Morgan fingerprint density at radius 3 is 1.98 bits per heavy atom. The lowest BCUT2D eigenvalue weighted by atomic mass is 9.49. The fraction of sp³-hybridized carbons (Fsp3) is 0.911. The van der Waals surface area contributed by atoms with Gasteiger partial charge in [0, 0.05) is 24.7 Å². The molecule has 0 radical (unpaired) electrons. The van der Waals surface area contributed by atoms with Crippen molar-refractivity contribution in [3.05, 3.63) is 0 Å². The van der Waals surface area contributed by atoms with Gasteiger partial charge in [-0.25, -0.2) is 0 Å². The van der Waals surface area contributed by atoms with Gasteiger partial charge >= 0.3 is 0 Å². The molecule has 5 heteroatoms. The summed E-state index contributed by atoms with van der Waals surface area (Å²) in [6, 6.07) is 0. The van der Waals surface area contributed by atoms with Crippen LogP contribution in [0.25, 0.3) is 0 Å². The van der Waals surface area contributed by atoms with Crippen molar-refractivity contribution >= 4 is 11.6 Å². The van der Waals surface area contributed by atoms with E-state index in [1.165, 1.54) is 77.0 Å². The van der Waals surface area contributed by atoms with E-state index >= 15 is 0 Å². The van der Waals surface area contributed by atoms with Crippen LogP contribution in [0.15, 0.2) is 0 Å². The van der Waals surface area contributed by atoms with Gasteiger partial charge in [0.2, 0.25) is 0 Å². The van der Waals surface area contributed by atoms with Crippen LogP contribution in [-0.4, -0.2) is 41.3 Å². The fourth-order valence-corrected chi connectivity index (χ4v) is 16.1. The Hall–Kier alpha value is -1.22. The predicted molar refractivity (Wildman–Crippen MR) is 196 cm³/mol. The molecule has 0 aromatic rings. The van der Waals surface area contributed by atoms with Crippen LogP contribution in [0, 0.1) is 93.7 Å². The third-order valence-corrected chi connectivity index (χ3v) is 18.1. The molecule has 8 unspecified atom stereocenters. The maximum atomic E-state index is 12.2. The fourth-order valence-electron chi connectivity index (χ4n) is 16.1. The van der Waals surface area contributed by atoms with Gasteiger partial charge in [0.25, 0.3) is 0 Å². The molecule has 5 nitrogen and oxygen atoms in total. The van der Waals surface area contributed by atoms with Crippen molar-refractivity contribution in [3.8, 4) is 11.8 Å². The summed E-state index contributed by atoms with van der Waals surface area (Å²) in [6.07, 6.45) is 21.3. The molecule has 8 saturated carbocycles. The lowest BCUT2D eigenvalue weighted by Gasteiger charge is -2.56. The number of rotatable bonds is 2. The van der Waals surface area contributed by atoms with Gasteiger partial charge < -0.3 is 14.6 Å². The van der Waals surface area contributed by atoms with Gasteiger partial charge in [0.15, 0.2) is 5.79 Å². The Labute approximate surface area is 303 Å². The summed E-state index contributed by atoms with van der Waals surface area (Å²) < 4.78 is 12.2. The lowest BCUT2D eigenvalue weighted by molar-refractivity contribution is -0.215. The highest BCUT2D eigenvalue weighted by Gasteiger charge is 2.62. The van der Waals surface area contributed by atoms with Crippen molar-refractivity contribution in [2.45, 2.75) is 162 Å². The molecule has 0 aromatic heterocycles. The van der Waals surface area contributed by atoms with Crippen LogP contribution in [-0.2, 0) is 19.1 Å². The van der Waals surface area contributed by atoms with E-state index in [1.807, 2.05) is 13.8 Å². The third kappa shape index (κ3) is 5.82. The van der Waals surface area contributed by atoms with Crippen LogP contribution in [0.3, 0.4) is 0 Å². The number of hydrogen-bond acceptors (Lipinski definition) is 5. The van der Waals surface area contributed by atoms with Crippen LogP contribution < -0.4 is 0 Å². The summed E-state index contributed by atoms with van der Waals surface area (Å²) in [5, 5.41) is 10.8. The summed E-state index contributed by atoms with van der Waals surface area (Å²) in [4.78, 5) is 24.1. The van der Waals surface area contributed by atoms with E-state index in [2.05, 4.69) is 32.6 Å². The second kappa shape index (κ2) is 13.3. The minimum absolute atomic E-state index is 0.267. The molecule has 15 atom stereocenters. The molecule has 1 N–H and O–H groups in total. The Bertz CT molecular complexity index is 1370. The molecule has 1 saturated heterocycles. The summed E-state index contributed by atoms with van der Waals surface area (Å²) in [7, 11) is 0. The summed E-state index contributed by atoms with van der Waals surface area (Å²) in [5.41, 5.74) is -0.0699. The predicted octanol–water partition coefficient (Wildman–Crippen LogP) is 9.19. The Morgan fingerprint density at radius 1 is 0.700 bits per heavy atom. The van der Waals surface area contributed by atoms with E-state index in [0.717, 1.165) is 99.1 Å². The number of fused-ring (bicyclic) bond motifs is 10. The highest BCUT2D eigenvalue weighted by atomic mass is 16.7. The first-order valence-corrected chi connectivity index (χ1v) is 21.4. The molecule has 50 heavy (non-hydrogen) atoms. The zero-order valence-electron chi connectivity index (χ0n) is 32.2. The topological polar surface area (TPSA) is 72.8 Å². The highest BCUT2D eigenvalue weighted by Crippen LogP contribution is 2.67. The van der Waals surface area contributed by atoms with Crippen LogP contribution in [0.4, 0.5) is 0 Å². The first-order chi connectivity index (χ1) is 23.9. The molecular formula is C45H68O5. The number of ketones is 2. The highest BCUT2D eigenvalue weighted by molar-refractivity contribution is 5.80. The SMILES string of the molecule is CC#C[C@@]1(O)CC[C@H]2C(CCC3C2CC[C@@]2(C)C3CC[C@@H]2C(C)=O)C1.CC1([C@H]2CCC3C4CCC5CC(=O)CC[C@@H]5C4CC[C@@]32C)OCCO1. The molecule has 0 spiro atoms. The molecule has 9 aliphatic rings. The minimum atomic E-state index is -0.723. The van der Waals surface area contributed by atoms with Crippen molar-refractivity contribution in [3.63, 3.8) is 0 Å². The molecule has 0 amide bonds. The molecule has 1 heterocycles. The van der Waals surface area contributed by atoms with E-state index in [4.69, 9.17) is 9.47 Å². The number of ether oxygens (including phenoxy) is 2. The van der Waals surface area contributed by atoms with Crippen LogP contribution in [0.1, 0.15) is 150 Å². The average Bonchev–Trinajstić information content (AvgIpc) is 3.79. The van der Waals surface area contributed by atoms with Crippen LogP contribution >= 0.6 is 0 Å². The van der Waals surface area contributed by atoms with Crippen molar-refractivity contribution in [1.82, 2.24) is 0 Å². The Balaban J connectivity index is 0.000000144. The number of carbonyl (C=O) groups is 2. The minimum Gasteiger partial charge on any atom is -0.378 e. The first kappa shape index (κ1) is 35.8. The zero-order chi connectivity index (χ0) is 35.1. The molecule has 0 bridgehead atoms. The van der Waals surface area contributed by atoms with Gasteiger partial charge in [-0.1, -0.05) is 19.8 Å². The van der Waals surface area contributed by atoms with E-state index in [0.29, 0.717) is 40.7 Å². The average molecular weight is 689 g/mol. The molecular weight excluding hydrogens is 620 g/mol. The monoisotopic (exact) mass is 689 g/mol. The molecule has 0 aromatic carbocycles. The van der Waals surface area contributed by atoms with Crippen molar-refractivity contribution in [2.24, 2.45) is 81.8 Å². The number of hydrogen-bond donors (Lipinski definition) is 1. The summed E-state index contributed by atoms with van der Waals surface area (Å²) in [6.45, 7) is 12.4. The maximum Gasteiger partial charge on any atom is 0.169 e.